The third-order valence-corrected chi connectivity index (χ3v) is 3.89. The largest absolute Gasteiger partial charge is 0.303 e. The minimum Gasteiger partial charge on any atom is -0.303 e. The van der Waals surface area contributed by atoms with Gasteiger partial charge in [-0.25, -0.2) is 0 Å². The maximum absolute atomic E-state index is 5.84. The van der Waals surface area contributed by atoms with E-state index in [9.17, 15) is 0 Å². The lowest BCUT2D eigenvalue weighted by molar-refractivity contribution is 0.161. The smallest absolute Gasteiger partial charge is 0.0255 e. The summed E-state index contributed by atoms with van der Waals surface area (Å²) in [5, 5.41) is 0. The Hall–Kier alpha value is 0.250. The SMILES string of the molecule is CN1CCCCC1C1CC1CCl. The lowest BCUT2D eigenvalue weighted by Gasteiger charge is -2.32. The van der Waals surface area contributed by atoms with E-state index in [1.54, 1.807) is 0 Å². The summed E-state index contributed by atoms with van der Waals surface area (Å²) in [6, 6.07) is 0.863. The van der Waals surface area contributed by atoms with E-state index >= 15 is 0 Å². The molecule has 0 N–H and O–H groups in total. The van der Waals surface area contributed by atoms with Crippen molar-refractivity contribution in [1.29, 1.82) is 0 Å². The second-order valence-electron chi connectivity index (χ2n) is 4.36. The zero-order chi connectivity index (χ0) is 8.55. The Kier molecular flexibility index (Phi) is 2.61. The number of halogens is 1. The van der Waals surface area contributed by atoms with Gasteiger partial charge in [-0.2, -0.15) is 0 Å². The van der Waals surface area contributed by atoms with E-state index in [1.165, 1.54) is 32.2 Å². The molecule has 0 spiro atoms. The van der Waals surface area contributed by atoms with E-state index in [4.69, 9.17) is 11.6 Å². The van der Waals surface area contributed by atoms with E-state index in [0.717, 1.165) is 23.8 Å². The number of nitrogens with zero attached hydrogens (tertiary/aromatic N) is 1. The summed E-state index contributed by atoms with van der Waals surface area (Å²) >= 11 is 5.84. The van der Waals surface area contributed by atoms with Gasteiger partial charge in [0.15, 0.2) is 0 Å². The quantitative estimate of drug-likeness (QED) is 0.600. The molecule has 0 aromatic carbocycles. The van der Waals surface area contributed by atoms with E-state index in [-0.39, 0.29) is 0 Å². The molecule has 1 heterocycles. The highest BCUT2D eigenvalue weighted by Gasteiger charge is 2.43. The Balaban J connectivity index is 1.86. The van der Waals surface area contributed by atoms with Gasteiger partial charge in [0.2, 0.25) is 0 Å². The highest BCUT2D eigenvalue weighted by molar-refractivity contribution is 6.18. The van der Waals surface area contributed by atoms with Gasteiger partial charge in [0, 0.05) is 11.9 Å². The van der Waals surface area contributed by atoms with Gasteiger partial charge in [-0.15, -0.1) is 11.6 Å². The van der Waals surface area contributed by atoms with Gasteiger partial charge in [-0.1, -0.05) is 6.42 Å². The van der Waals surface area contributed by atoms with Crippen molar-refractivity contribution in [1.82, 2.24) is 4.90 Å². The Morgan fingerprint density at radius 3 is 2.83 bits per heavy atom. The summed E-state index contributed by atoms with van der Waals surface area (Å²) in [5.41, 5.74) is 0. The first-order valence-electron chi connectivity index (χ1n) is 5.09. The van der Waals surface area contributed by atoms with Crippen LogP contribution in [0, 0.1) is 11.8 Å². The van der Waals surface area contributed by atoms with Crippen LogP contribution in [0.4, 0.5) is 0 Å². The molecule has 70 valence electrons. The number of hydrogen-bond acceptors (Lipinski definition) is 1. The molecule has 3 atom stereocenters. The summed E-state index contributed by atoms with van der Waals surface area (Å²) in [6.45, 7) is 1.30. The van der Waals surface area contributed by atoms with Crippen molar-refractivity contribution in [3.05, 3.63) is 0 Å². The summed E-state index contributed by atoms with van der Waals surface area (Å²) in [7, 11) is 2.27. The van der Waals surface area contributed by atoms with Gasteiger partial charge in [0.25, 0.3) is 0 Å². The lowest BCUT2D eigenvalue weighted by Crippen LogP contribution is -2.38. The average Bonchev–Trinajstić information content (AvgIpc) is 2.84. The van der Waals surface area contributed by atoms with Crippen molar-refractivity contribution in [2.75, 3.05) is 19.5 Å². The predicted octanol–water partition coefficient (Wildman–Crippen LogP) is 2.35. The maximum atomic E-state index is 5.84. The maximum Gasteiger partial charge on any atom is 0.0255 e. The molecule has 0 aromatic rings. The predicted molar refractivity (Wildman–Crippen MR) is 52.6 cm³/mol. The Labute approximate surface area is 80.1 Å². The van der Waals surface area contributed by atoms with Crippen LogP contribution in [0.2, 0.25) is 0 Å². The van der Waals surface area contributed by atoms with Gasteiger partial charge < -0.3 is 4.90 Å². The first kappa shape index (κ1) is 8.83. The molecule has 3 unspecified atom stereocenters. The number of hydrogen-bond donors (Lipinski definition) is 0. The molecule has 2 rings (SSSR count). The van der Waals surface area contributed by atoms with Gasteiger partial charge >= 0.3 is 0 Å². The second-order valence-corrected chi connectivity index (χ2v) is 4.67. The van der Waals surface area contributed by atoms with Crippen molar-refractivity contribution in [3.8, 4) is 0 Å². The van der Waals surface area contributed by atoms with Crippen molar-refractivity contribution >= 4 is 11.6 Å². The van der Waals surface area contributed by atoms with Gasteiger partial charge in [0.1, 0.15) is 0 Å². The summed E-state index contributed by atoms with van der Waals surface area (Å²) in [6.07, 6.45) is 5.62. The molecule has 0 radical (unpaired) electrons. The van der Waals surface area contributed by atoms with Gasteiger partial charge in [-0.05, 0) is 44.7 Å². The third kappa shape index (κ3) is 1.62. The molecule has 2 heteroatoms. The molecule has 2 aliphatic rings. The first-order valence-corrected chi connectivity index (χ1v) is 5.62. The second kappa shape index (κ2) is 3.55. The van der Waals surface area contributed by atoms with Crippen LogP contribution in [0.15, 0.2) is 0 Å². The highest BCUT2D eigenvalue weighted by atomic mass is 35.5. The zero-order valence-corrected chi connectivity index (χ0v) is 8.56. The van der Waals surface area contributed by atoms with Crippen molar-refractivity contribution in [2.24, 2.45) is 11.8 Å². The molecule has 1 aliphatic carbocycles. The van der Waals surface area contributed by atoms with Crippen LogP contribution >= 0.6 is 11.6 Å². The summed E-state index contributed by atoms with van der Waals surface area (Å²) < 4.78 is 0. The minimum atomic E-state index is 0.845. The van der Waals surface area contributed by atoms with Crippen molar-refractivity contribution < 1.29 is 0 Å². The Bertz CT molecular complexity index is 160. The fraction of sp³-hybridized carbons (Fsp3) is 1.00. The number of likely N-dealkylation sites (tertiary alicyclic amines) is 1. The van der Waals surface area contributed by atoms with E-state index in [2.05, 4.69) is 11.9 Å². The standard InChI is InChI=1S/C10H18ClN/c1-12-5-3-2-4-10(12)9-6-8(9)7-11/h8-10H,2-7H2,1H3. The molecular weight excluding hydrogens is 170 g/mol. The number of piperidine rings is 1. The zero-order valence-electron chi connectivity index (χ0n) is 7.80. The van der Waals surface area contributed by atoms with Crippen LogP contribution in [0.1, 0.15) is 25.7 Å². The van der Waals surface area contributed by atoms with Crippen LogP contribution < -0.4 is 0 Å². The first-order chi connectivity index (χ1) is 5.83. The third-order valence-electron chi connectivity index (χ3n) is 3.50. The number of alkyl halides is 1. The van der Waals surface area contributed by atoms with Crippen LogP contribution in [0.5, 0.6) is 0 Å². The topological polar surface area (TPSA) is 3.24 Å². The number of rotatable bonds is 2. The molecule has 1 aliphatic heterocycles. The fourth-order valence-corrected chi connectivity index (χ4v) is 2.92. The van der Waals surface area contributed by atoms with Crippen molar-refractivity contribution in [3.63, 3.8) is 0 Å². The van der Waals surface area contributed by atoms with E-state index in [1.807, 2.05) is 0 Å². The minimum absolute atomic E-state index is 0.845. The molecule has 0 bridgehead atoms. The molecule has 2 fully saturated rings. The van der Waals surface area contributed by atoms with Crippen molar-refractivity contribution in [2.45, 2.75) is 31.7 Å². The molecule has 1 saturated heterocycles. The molecule has 0 aromatic heterocycles. The fourth-order valence-electron chi connectivity index (χ4n) is 2.56. The van der Waals surface area contributed by atoms with Gasteiger partial charge in [-0.3, -0.25) is 0 Å². The summed E-state index contributed by atoms with van der Waals surface area (Å²) in [4.78, 5) is 2.54. The lowest BCUT2D eigenvalue weighted by atomic mass is 9.98. The van der Waals surface area contributed by atoms with Gasteiger partial charge in [0.05, 0.1) is 0 Å². The molecule has 1 saturated carbocycles. The van der Waals surface area contributed by atoms with Crippen LogP contribution in [-0.4, -0.2) is 30.4 Å². The van der Waals surface area contributed by atoms with E-state index in [0.29, 0.717) is 0 Å². The highest BCUT2D eigenvalue weighted by Crippen LogP contribution is 2.45. The molecule has 0 amide bonds. The average molecular weight is 188 g/mol. The Morgan fingerprint density at radius 2 is 2.25 bits per heavy atom. The summed E-state index contributed by atoms with van der Waals surface area (Å²) in [5.74, 6) is 2.67. The molecule has 1 nitrogen and oxygen atoms in total. The normalized spacial score (nSPS) is 43.0. The Morgan fingerprint density at radius 1 is 1.42 bits per heavy atom. The molecular formula is C10H18ClN. The van der Waals surface area contributed by atoms with Crippen LogP contribution in [0.3, 0.4) is 0 Å². The van der Waals surface area contributed by atoms with E-state index < -0.39 is 0 Å². The monoisotopic (exact) mass is 187 g/mol. The molecule has 12 heavy (non-hydrogen) atoms. The van der Waals surface area contributed by atoms with Crippen LogP contribution in [0.25, 0.3) is 0 Å². The van der Waals surface area contributed by atoms with Crippen LogP contribution in [-0.2, 0) is 0 Å².